The van der Waals surface area contributed by atoms with Crippen LogP contribution in [0.3, 0.4) is 0 Å². The second kappa shape index (κ2) is 16.1. The predicted molar refractivity (Wildman–Crippen MR) is 215 cm³/mol. The van der Waals surface area contributed by atoms with Gasteiger partial charge in [-0.2, -0.15) is 0 Å². The second-order valence-electron chi connectivity index (χ2n) is 15.4. The van der Waals surface area contributed by atoms with Crippen molar-refractivity contribution in [2.45, 2.75) is 70.6 Å². The van der Waals surface area contributed by atoms with Crippen LogP contribution in [0, 0.1) is 5.92 Å². The molecule has 4 aromatic rings. The number of phenolic OH excluding ortho intramolecular Hbond substituents is 1. The second-order valence-corrected chi connectivity index (χ2v) is 15.4. The van der Waals surface area contributed by atoms with E-state index >= 15 is 0 Å². The molecule has 8 rings (SSSR count). The summed E-state index contributed by atoms with van der Waals surface area (Å²) in [5, 5.41) is 12.4. The number of fused-ring (bicyclic) bond motifs is 1. The predicted octanol–water partition coefficient (Wildman–Crippen LogP) is 7.28. The molecule has 0 bridgehead atoms. The summed E-state index contributed by atoms with van der Waals surface area (Å²) in [7, 11) is 0. The summed E-state index contributed by atoms with van der Waals surface area (Å²) < 4.78 is 6.53. The molecule has 9 nitrogen and oxygen atoms in total. The van der Waals surface area contributed by atoms with Crippen LogP contribution in [-0.4, -0.2) is 77.5 Å². The number of carbonyl (C=O) groups is 3. The molecule has 2 N–H and O–H groups in total. The Hall–Kier alpha value is -5.41. The van der Waals surface area contributed by atoms with Crippen molar-refractivity contribution in [1.82, 2.24) is 15.1 Å². The molecule has 9 heteroatoms. The minimum atomic E-state index is -0.589. The van der Waals surface area contributed by atoms with Gasteiger partial charge in [-0.05, 0) is 120 Å². The average Bonchev–Trinajstić information content (AvgIpc) is 3.54. The van der Waals surface area contributed by atoms with Gasteiger partial charge in [0, 0.05) is 56.9 Å². The van der Waals surface area contributed by atoms with E-state index in [-0.39, 0.29) is 36.0 Å². The number of likely N-dealkylation sites (tertiary alicyclic amines) is 1. The molecule has 55 heavy (non-hydrogen) atoms. The van der Waals surface area contributed by atoms with Crippen LogP contribution in [0.2, 0.25) is 0 Å². The molecular weight excluding hydrogens is 689 g/mol. The van der Waals surface area contributed by atoms with Crippen molar-refractivity contribution in [3.8, 4) is 11.5 Å². The van der Waals surface area contributed by atoms with Crippen LogP contribution in [0.25, 0.3) is 11.1 Å². The first kappa shape index (κ1) is 36.6. The minimum Gasteiger partial charge on any atom is -0.508 e. The number of phenols is 1. The van der Waals surface area contributed by atoms with Crippen LogP contribution in [0.4, 0.5) is 5.69 Å². The molecule has 0 spiro atoms. The van der Waals surface area contributed by atoms with Gasteiger partial charge < -0.3 is 24.5 Å². The summed E-state index contributed by atoms with van der Waals surface area (Å²) in [4.78, 5) is 43.9. The van der Waals surface area contributed by atoms with Crippen molar-refractivity contribution in [1.29, 1.82) is 0 Å². The number of imide groups is 1. The Morgan fingerprint density at radius 3 is 2.15 bits per heavy atom. The molecule has 4 aliphatic rings. The molecule has 1 atom stereocenters. The normalized spacial score (nSPS) is 20.3. The van der Waals surface area contributed by atoms with Crippen LogP contribution in [0.15, 0.2) is 97.1 Å². The van der Waals surface area contributed by atoms with E-state index in [0.717, 1.165) is 93.0 Å². The number of piperidine rings is 3. The lowest BCUT2D eigenvalue weighted by Crippen LogP contribution is -2.52. The molecule has 4 aliphatic heterocycles. The summed E-state index contributed by atoms with van der Waals surface area (Å²) in [5.41, 5.74) is 8.59. The number of hydrogen-bond donors (Lipinski definition) is 2. The summed E-state index contributed by atoms with van der Waals surface area (Å²) in [6.07, 6.45) is 6.00. The van der Waals surface area contributed by atoms with Gasteiger partial charge in [0.2, 0.25) is 11.8 Å². The number of carbonyl (C=O) groups excluding carboxylic acids is 3. The molecule has 0 aliphatic carbocycles. The van der Waals surface area contributed by atoms with Crippen molar-refractivity contribution in [3.63, 3.8) is 0 Å². The summed E-state index contributed by atoms with van der Waals surface area (Å²) >= 11 is 0. The molecule has 4 aromatic carbocycles. The van der Waals surface area contributed by atoms with E-state index in [9.17, 15) is 19.5 Å². The average molecular weight is 739 g/mol. The Morgan fingerprint density at radius 2 is 1.47 bits per heavy atom. The molecule has 1 unspecified atom stereocenters. The zero-order valence-corrected chi connectivity index (χ0v) is 31.6. The van der Waals surface area contributed by atoms with Crippen LogP contribution >= 0.6 is 0 Å². The van der Waals surface area contributed by atoms with Gasteiger partial charge in [-0.3, -0.25) is 19.7 Å². The maximum absolute atomic E-state index is 13.1. The fraction of sp³-hybridized carbons (Fsp3) is 0.370. The molecule has 284 valence electrons. The van der Waals surface area contributed by atoms with Gasteiger partial charge in [-0.1, -0.05) is 61.5 Å². The van der Waals surface area contributed by atoms with E-state index in [1.807, 2.05) is 30.3 Å². The van der Waals surface area contributed by atoms with Gasteiger partial charge in [0.15, 0.2) is 0 Å². The Labute approximate surface area is 323 Å². The monoisotopic (exact) mass is 738 g/mol. The van der Waals surface area contributed by atoms with E-state index in [1.54, 1.807) is 17.0 Å². The number of nitrogens with zero attached hydrogens (tertiary/aromatic N) is 3. The lowest BCUT2D eigenvalue weighted by atomic mass is 9.88. The fourth-order valence-corrected chi connectivity index (χ4v) is 8.91. The third-order valence-corrected chi connectivity index (χ3v) is 11.9. The number of aromatic hydroxyl groups is 1. The summed E-state index contributed by atoms with van der Waals surface area (Å²) in [5.74, 6) is 1.04. The number of nitrogens with one attached hydrogen (secondary N) is 1. The number of hydrogen-bond acceptors (Lipinski definition) is 7. The van der Waals surface area contributed by atoms with Crippen LogP contribution < -0.4 is 15.0 Å². The molecule has 3 saturated heterocycles. The van der Waals surface area contributed by atoms with Gasteiger partial charge in [-0.15, -0.1) is 0 Å². The molecule has 0 radical (unpaired) electrons. The topological polar surface area (TPSA) is 102 Å². The van der Waals surface area contributed by atoms with E-state index in [0.29, 0.717) is 24.4 Å². The van der Waals surface area contributed by atoms with E-state index in [4.69, 9.17) is 4.74 Å². The SMILES string of the molecule is CCC(=C(c1ccc(O)cc1)c1ccc(OC2CCN(CC3CCN(c4ccc5c(c4)CN(C4CCC(=O)NC4=O)C5=O)CC3)CC2)cc1)c1ccccc1. The molecule has 0 aromatic heterocycles. The van der Waals surface area contributed by atoms with Crippen LogP contribution in [0.1, 0.15) is 84.5 Å². The number of allylic oxidation sites excluding steroid dienone is 1. The Balaban J connectivity index is 0.824. The Morgan fingerprint density at radius 1 is 0.782 bits per heavy atom. The molecular formula is C46H50N4O5. The lowest BCUT2D eigenvalue weighted by Gasteiger charge is -2.38. The highest BCUT2D eigenvalue weighted by atomic mass is 16.5. The van der Waals surface area contributed by atoms with E-state index < -0.39 is 6.04 Å². The number of rotatable bonds is 10. The highest BCUT2D eigenvalue weighted by Gasteiger charge is 2.39. The highest BCUT2D eigenvalue weighted by molar-refractivity contribution is 6.05. The first-order valence-electron chi connectivity index (χ1n) is 19.9. The van der Waals surface area contributed by atoms with E-state index in [2.05, 4.69) is 76.6 Å². The van der Waals surface area contributed by atoms with Crippen molar-refractivity contribution < 1.29 is 24.2 Å². The van der Waals surface area contributed by atoms with Gasteiger partial charge in [-0.25, -0.2) is 0 Å². The van der Waals surface area contributed by atoms with E-state index in [1.165, 1.54) is 16.7 Å². The number of benzene rings is 4. The van der Waals surface area contributed by atoms with Crippen molar-refractivity contribution in [2.75, 3.05) is 37.6 Å². The van der Waals surface area contributed by atoms with Crippen molar-refractivity contribution >= 4 is 34.6 Å². The molecule has 4 heterocycles. The quantitative estimate of drug-likeness (QED) is 0.130. The first-order valence-corrected chi connectivity index (χ1v) is 19.9. The zero-order valence-electron chi connectivity index (χ0n) is 31.6. The van der Waals surface area contributed by atoms with Gasteiger partial charge in [0.1, 0.15) is 23.6 Å². The maximum Gasteiger partial charge on any atom is 0.255 e. The standard InChI is InChI=1S/C46H50N4O5/c1-2-40(32-6-4-3-5-7-32)44(33-8-13-37(51)14-9-33)34-10-15-38(16-11-34)55-39-22-24-48(25-23-39)29-31-20-26-49(27-21-31)36-12-17-41-35(28-36)30-50(46(41)54)42-18-19-43(52)47-45(42)53/h3-17,28,31,39,42,51H,2,18-27,29-30H2,1H3,(H,47,52,53). The van der Waals surface area contributed by atoms with Crippen molar-refractivity contribution in [3.05, 3.63) is 125 Å². The summed E-state index contributed by atoms with van der Waals surface area (Å²) in [6, 6.07) is 32.0. The largest absolute Gasteiger partial charge is 0.508 e. The number of ether oxygens (including phenoxy) is 1. The third-order valence-electron chi connectivity index (χ3n) is 11.9. The first-order chi connectivity index (χ1) is 26.8. The van der Waals surface area contributed by atoms with Gasteiger partial charge >= 0.3 is 0 Å². The van der Waals surface area contributed by atoms with Gasteiger partial charge in [0.25, 0.3) is 5.91 Å². The smallest absolute Gasteiger partial charge is 0.255 e. The zero-order chi connectivity index (χ0) is 37.9. The number of amides is 3. The fourth-order valence-electron chi connectivity index (χ4n) is 8.91. The molecule has 3 amide bonds. The number of anilines is 1. The van der Waals surface area contributed by atoms with Crippen molar-refractivity contribution in [2.24, 2.45) is 5.92 Å². The highest BCUT2D eigenvalue weighted by Crippen LogP contribution is 2.36. The Kier molecular flexibility index (Phi) is 10.7. The molecule has 0 saturated carbocycles. The third kappa shape index (κ3) is 8.03. The van der Waals surface area contributed by atoms with Crippen LogP contribution in [-0.2, 0) is 16.1 Å². The van der Waals surface area contributed by atoms with Crippen LogP contribution in [0.5, 0.6) is 11.5 Å². The summed E-state index contributed by atoms with van der Waals surface area (Å²) in [6.45, 7) is 7.76. The van der Waals surface area contributed by atoms with Gasteiger partial charge in [0.05, 0.1) is 0 Å². The Bertz CT molecular complexity index is 2050. The minimum absolute atomic E-state index is 0.125. The lowest BCUT2D eigenvalue weighted by molar-refractivity contribution is -0.136. The molecule has 3 fully saturated rings. The maximum atomic E-state index is 13.1.